The van der Waals surface area contributed by atoms with Crippen molar-refractivity contribution >= 4 is 63.5 Å². The maximum Gasteiger partial charge on any atom is 0.338 e. The van der Waals surface area contributed by atoms with Gasteiger partial charge in [-0.2, -0.15) is 0 Å². The zero-order valence-electron chi connectivity index (χ0n) is 18.2. The van der Waals surface area contributed by atoms with E-state index in [9.17, 15) is 9.59 Å². The maximum atomic E-state index is 13.1. The lowest BCUT2D eigenvalue weighted by molar-refractivity contribution is -0.113. The van der Waals surface area contributed by atoms with Crippen molar-refractivity contribution in [2.24, 2.45) is 0 Å². The van der Waals surface area contributed by atoms with Gasteiger partial charge in [0.1, 0.15) is 12.4 Å². The molecule has 1 aliphatic heterocycles. The van der Waals surface area contributed by atoms with E-state index in [0.29, 0.717) is 37.9 Å². The van der Waals surface area contributed by atoms with Crippen LogP contribution < -0.4 is 9.64 Å². The van der Waals surface area contributed by atoms with Crippen LogP contribution in [0.3, 0.4) is 0 Å². The highest BCUT2D eigenvalue weighted by atomic mass is 35.5. The summed E-state index contributed by atoms with van der Waals surface area (Å²) in [5.74, 6) is 0.0117. The zero-order valence-corrected chi connectivity index (χ0v) is 20.6. The molecule has 172 valence electrons. The van der Waals surface area contributed by atoms with Gasteiger partial charge >= 0.3 is 5.97 Å². The van der Waals surface area contributed by atoms with Gasteiger partial charge in [0.05, 0.1) is 22.8 Å². The van der Waals surface area contributed by atoms with Crippen molar-refractivity contribution in [1.29, 1.82) is 0 Å². The topological polar surface area (TPSA) is 55.8 Å². The number of anilines is 1. The van der Waals surface area contributed by atoms with Gasteiger partial charge in [-0.1, -0.05) is 72.0 Å². The molecule has 1 heterocycles. The molecule has 3 aromatic carbocycles. The molecule has 1 saturated heterocycles. The van der Waals surface area contributed by atoms with Crippen LogP contribution in [0.2, 0.25) is 5.02 Å². The second-order valence-electron chi connectivity index (χ2n) is 7.24. The highest BCUT2D eigenvalue weighted by Gasteiger charge is 2.33. The fourth-order valence-electron chi connectivity index (χ4n) is 3.26. The number of benzene rings is 3. The van der Waals surface area contributed by atoms with E-state index in [2.05, 4.69) is 0 Å². The number of carbonyl (C=O) groups excluding carboxylic acids is 2. The molecule has 0 saturated carbocycles. The van der Waals surface area contributed by atoms with Gasteiger partial charge in [-0.3, -0.25) is 9.69 Å². The molecule has 8 heteroatoms. The van der Waals surface area contributed by atoms with Crippen LogP contribution in [0.15, 0.2) is 77.7 Å². The number of hydrogen-bond donors (Lipinski definition) is 0. The Labute approximate surface area is 212 Å². The zero-order chi connectivity index (χ0) is 24.1. The lowest BCUT2D eigenvalue weighted by Crippen LogP contribution is -2.27. The van der Waals surface area contributed by atoms with E-state index >= 15 is 0 Å². The molecular formula is C26H20ClNO4S2. The minimum absolute atomic E-state index is 0.241. The van der Waals surface area contributed by atoms with Crippen LogP contribution in [-0.4, -0.2) is 22.8 Å². The van der Waals surface area contributed by atoms with Gasteiger partial charge in [-0.15, -0.1) is 0 Å². The van der Waals surface area contributed by atoms with Crippen molar-refractivity contribution in [3.63, 3.8) is 0 Å². The van der Waals surface area contributed by atoms with Crippen molar-refractivity contribution in [3.8, 4) is 5.75 Å². The molecule has 0 unspecified atom stereocenters. The molecule has 0 aliphatic carbocycles. The summed E-state index contributed by atoms with van der Waals surface area (Å²) in [6.07, 6.45) is 1.78. The van der Waals surface area contributed by atoms with Crippen LogP contribution in [0, 0.1) is 0 Å². The van der Waals surface area contributed by atoms with Crippen LogP contribution in [0.5, 0.6) is 5.75 Å². The Kier molecular flexibility index (Phi) is 7.67. The number of halogens is 1. The second-order valence-corrected chi connectivity index (χ2v) is 9.32. The highest BCUT2D eigenvalue weighted by Crippen LogP contribution is 2.36. The number of thioether (sulfide) groups is 1. The van der Waals surface area contributed by atoms with E-state index in [-0.39, 0.29) is 12.5 Å². The summed E-state index contributed by atoms with van der Waals surface area (Å²) in [6.45, 7) is 2.38. The predicted molar refractivity (Wildman–Crippen MR) is 140 cm³/mol. The van der Waals surface area contributed by atoms with Gasteiger partial charge in [-0.25, -0.2) is 4.79 Å². The molecular weight excluding hydrogens is 490 g/mol. The standard InChI is InChI=1S/C26H20ClNO4S2/c1-2-31-25(30)18-7-5-8-20(15-18)28-24(29)23(34-26(28)33)14-17-10-12-21(13-11-17)32-16-19-6-3-4-9-22(19)27/h3-15H,2,16H2,1H3/b23-14-. The molecule has 0 spiro atoms. The molecule has 1 fully saturated rings. The van der Waals surface area contributed by atoms with Gasteiger partial charge < -0.3 is 9.47 Å². The third-order valence-electron chi connectivity index (χ3n) is 4.94. The van der Waals surface area contributed by atoms with Gasteiger partial charge in [0.2, 0.25) is 0 Å². The number of nitrogens with zero attached hydrogens (tertiary/aromatic N) is 1. The van der Waals surface area contributed by atoms with Crippen molar-refractivity contribution in [1.82, 2.24) is 0 Å². The fourth-order valence-corrected chi connectivity index (χ4v) is 4.75. The average molecular weight is 510 g/mol. The SMILES string of the molecule is CCOC(=O)c1cccc(N2C(=O)/C(=C/c3ccc(OCc4ccccc4Cl)cc3)SC2=S)c1. The lowest BCUT2D eigenvalue weighted by Gasteiger charge is -2.15. The number of ether oxygens (including phenoxy) is 2. The van der Waals surface area contributed by atoms with E-state index < -0.39 is 5.97 Å². The Hall–Kier alpha value is -3.13. The molecule has 1 amide bonds. The summed E-state index contributed by atoms with van der Waals surface area (Å²) < 4.78 is 11.3. The lowest BCUT2D eigenvalue weighted by atomic mass is 10.1. The molecule has 0 N–H and O–H groups in total. The third-order valence-corrected chi connectivity index (χ3v) is 6.61. The maximum absolute atomic E-state index is 13.1. The molecule has 0 aromatic heterocycles. The van der Waals surface area contributed by atoms with Crippen molar-refractivity contribution in [3.05, 3.63) is 99.4 Å². The molecule has 0 bridgehead atoms. The quantitative estimate of drug-likeness (QED) is 0.206. The van der Waals surface area contributed by atoms with E-state index in [1.54, 1.807) is 37.3 Å². The predicted octanol–water partition coefficient (Wildman–Crippen LogP) is 6.50. The van der Waals surface area contributed by atoms with E-state index in [4.69, 9.17) is 33.3 Å². The van der Waals surface area contributed by atoms with Crippen molar-refractivity contribution in [2.75, 3.05) is 11.5 Å². The monoisotopic (exact) mass is 509 g/mol. The number of thiocarbonyl (C=S) groups is 1. The third kappa shape index (κ3) is 5.50. The summed E-state index contributed by atoms with van der Waals surface area (Å²) >= 11 is 12.8. The average Bonchev–Trinajstić information content (AvgIpc) is 3.12. The summed E-state index contributed by atoms with van der Waals surface area (Å²) in [4.78, 5) is 27.1. The highest BCUT2D eigenvalue weighted by molar-refractivity contribution is 8.27. The van der Waals surface area contributed by atoms with Crippen LogP contribution in [-0.2, 0) is 16.1 Å². The van der Waals surface area contributed by atoms with E-state index in [0.717, 1.165) is 11.1 Å². The summed E-state index contributed by atoms with van der Waals surface area (Å²) in [5.41, 5.74) is 2.64. The molecule has 0 atom stereocenters. The minimum atomic E-state index is -0.442. The molecule has 0 radical (unpaired) electrons. The smallest absolute Gasteiger partial charge is 0.338 e. The first-order valence-corrected chi connectivity index (χ1v) is 12.1. The van der Waals surface area contributed by atoms with Gasteiger partial charge in [-0.05, 0) is 55.0 Å². The fraction of sp³-hybridized carbons (Fsp3) is 0.115. The largest absolute Gasteiger partial charge is 0.489 e. The molecule has 34 heavy (non-hydrogen) atoms. The normalized spacial score (nSPS) is 14.5. The molecule has 3 aromatic rings. The van der Waals surface area contributed by atoms with Gasteiger partial charge in [0, 0.05) is 10.6 Å². The number of carbonyl (C=O) groups is 2. The van der Waals surface area contributed by atoms with Crippen LogP contribution >= 0.6 is 35.6 Å². The first-order valence-electron chi connectivity index (χ1n) is 10.5. The Morgan fingerprint density at radius 2 is 1.85 bits per heavy atom. The summed E-state index contributed by atoms with van der Waals surface area (Å²) in [5, 5.41) is 0.661. The molecule has 5 nitrogen and oxygen atoms in total. The molecule has 1 aliphatic rings. The Bertz CT molecular complexity index is 1270. The van der Waals surface area contributed by atoms with Crippen LogP contribution in [0.4, 0.5) is 5.69 Å². The van der Waals surface area contributed by atoms with Crippen LogP contribution in [0.1, 0.15) is 28.4 Å². The number of esters is 1. The Morgan fingerprint density at radius 1 is 1.09 bits per heavy atom. The van der Waals surface area contributed by atoms with Crippen LogP contribution in [0.25, 0.3) is 6.08 Å². The summed E-state index contributed by atoms with van der Waals surface area (Å²) in [6, 6.07) is 21.6. The first kappa shape index (κ1) is 24.0. The van der Waals surface area contributed by atoms with Gasteiger partial charge in [0.25, 0.3) is 5.91 Å². The van der Waals surface area contributed by atoms with E-state index in [1.165, 1.54) is 16.7 Å². The van der Waals surface area contributed by atoms with Crippen molar-refractivity contribution in [2.45, 2.75) is 13.5 Å². The number of hydrogen-bond acceptors (Lipinski definition) is 6. The molecule has 4 rings (SSSR count). The Morgan fingerprint density at radius 3 is 2.59 bits per heavy atom. The second kappa shape index (κ2) is 10.9. The van der Waals surface area contributed by atoms with Gasteiger partial charge in [0.15, 0.2) is 4.32 Å². The van der Waals surface area contributed by atoms with E-state index in [1.807, 2.05) is 48.5 Å². The minimum Gasteiger partial charge on any atom is -0.489 e. The number of rotatable bonds is 7. The number of amides is 1. The Balaban J connectivity index is 1.46. The summed E-state index contributed by atoms with van der Waals surface area (Å²) in [7, 11) is 0. The van der Waals surface area contributed by atoms with Crippen molar-refractivity contribution < 1.29 is 19.1 Å². The first-order chi connectivity index (χ1) is 16.5.